The van der Waals surface area contributed by atoms with Crippen molar-refractivity contribution in [2.75, 3.05) is 13.1 Å². The second-order valence-corrected chi connectivity index (χ2v) is 5.04. The summed E-state index contributed by atoms with van der Waals surface area (Å²) in [6, 6.07) is 6.26. The van der Waals surface area contributed by atoms with Crippen molar-refractivity contribution in [1.29, 1.82) is 0 Å². The van der Waals surface area contributed by atoms with Gasteiger partial charge in [-0.3, -0.25) is 9.69 Å². The van der Waals surface area contributed by atoms with Crippen molar-refractivity contribution in [2.45, 2.75) is 47.2 Å². The van der Waals surface area contributed by atoms with Crippen LogP contribution in [-0.2, 0) is 11.3 Å². The SMILES string of the molecule is CCN(CC)C(C)C(=O)NCc1ccc(C)cc1C.Cl. The Morgan fingerprint density at radius 2 is 1.85 bits per heavy atom. The van der Waals surface area contributed by atoms with Crippen molar-refractivity contribution in [3.8, 4) is 0 Å². The smallest absolute Gasteiger partial charge is 0.237 e. The first-order chi connectivity index (χ1) is 8.99. The summed E-state index contributed by atoms with van der Waals surface area (Å²) < 4.78 is 0. The molecule has 1 N–H and O–H groups in total. The zero-order valence-electron chi connectivity index (χ0n) is 13.2. The van der Waals surface area contributed by atoms with Crippen LogP contribution in [0.5, 0.6) is 0 Å². The summed E-state index contributed by atoms with van der Waals surface area (Å²) in [5, 5.41) is 3.03. The van der Waals surface area contributed by atoms with Gasteiger partial charge in [-0.15, -0.1) is 12.4 Å². The Morgan fingerprint density at radius 1 is 1.25 bits per heavy atom. The second-order valence-electron chi connectivity index (χ2n) is 5.04. The molecule has 114 valence electrons. The lowest BCUT2D eigenvalue weighted by Gasteiger charge is -2.25. The summed E-state index contributed by atoms with van der Waals surface area (Å²) in [5.74, 6) is 0.101. The van der Waals surface area contributed by atoms with Gasteiger partial charge in [-0.2, -0.15) is 0 Å². The highest BCUT2D eigenvalue weighted by molar-refractivity contribution is 5.85. The number of carbonyl (C=O) groups excluding carboxylic acids is 1. The summed E-state index contributed by atoms with van der Waals surface area (Å²) in [6.45, 7) is 12.7. The van der Waals surface area contributed by atoms with Crippen molar-refractivity contribution >= 4 is 18.3 Å². The molecule has 0 radical (unpaired) electrons. The molecule has 1 aromatic rings. The maximum absolute atomic E-state index is 12.1. The van der Waals surface area contributed by atoms with Gasteiger partial charge in [0.2, 0.25) is 5.91 Å². The van der Waals surface area contributed by atoms with Crippen LogP contribution in [0.3, 0.4) is 0 Å². The predicted molar refractivity (Wildman–Crippen MR) is 87.4 cm³/mol. The average Bonchev–Trinajstić information content (AvgIpc) is 2.38. The van der Waals surface area contributed by atoms with E-state index in [0.29, 0.717) is 6.54 Å². The molecule has 0 fully saturated rings. The van der Waals surface area contributed by atoms with Gasteiger partial charge in [0.05, 0.1) is 6.04 Å². The standard InChI is InChI=1S/C16H26N2O.ClH/c1-6-18(7-2)14(5)16(19)17-11-15-9-8-12(3)10-13(15)4;/h8-10,14H,6-7,11H2,1-5H3,(H,17,19);1H. The highest BCUT2D eigenvalue weighted by Crippen LogP contribution is 2.10. The molecule has 0 saturated heterocycles. The van der Waals surface area contributed by atoms with Gasteiger partial charge < -0.3 is 5.32 Å². The molecule has 0 spiro atoms. The maximum atomic E-state index is 12.1. The molecule has 4 heteroatoms. The number of carbonyl (C=O) groups is 1. The summed E-state index contributed by atoms with van der Waals surface area (Å²) in [7, 11) is 0. The molecule has 0 aliphatic rings. The van der Waals surface area contributed by atoms with E-state index in [0.717, 1.165) is 13.1 Å². The quantitative estimate of drug-likeness (QED) is 0.875. The molecule has 1 aromatic carbocycles. The summed E-state index contributed by atoms with van der Waals surface area (Å²) >= 11 is 0. The zero-order chi connectivity index (χ0) is 14.4. The third-order valence-electron chi connectivity index (χ3n) is 3.69. The number of likely N-dealkylation sites (N-methyl/N-ethyl adjacent to an activating group) is 1. The van der Waals surface area contributed by atoms with E-state index in [2.05, 4.69) is 56.1 Å². The van der Waals surface area contributed by atoms with Crippen LogP contribution in [0.2, 0.25) is 0 Å². The first-order valence-electron chi connectivity index (χ1n) is 7.07. The Balaban J connectivity index is 0.00000361. The average molecular weight is 299 g/mol. The molecular formula is C16H27ClN2O. The summed E-state index contributed by atoms with van der Waals surface area (Å²) in [6.07, 6.45) is 0. The molecule has 0 aromatic heterocycles. The minimum absolute atomic E-state index is 0. The van der Waals surface area contributed by atoms with Gasteiger partial charge >= 0.3 is 0 Å². The lowest BCUT2D eigenvalue weighted by Crippen LogP contribution is -2.44. The van der Waals surface area contributed by atoms with Crippen molar-refractivity contribution in [1.82, 2.24) is 10.2 Å². The summed E-state index contributed by atoms with van der Waals surface area (Å²) in [4.78, 5) is 14.3. The monoisotopic (exact) mass is 298 g/mol. The van der Waals surface area contributed by atoms with Crippen molar-refractivity contribution in [3.63, 3.8) is 0 Å². The van der Waals surface area contributed by atoms with Crippen LogP contribution in [0.25, 0.3) is 0 Å². The number of nitrogens with zero attached hydrogens (tertiary/aromatic N) is 1. The van der Waals surface area contributed by atoms with E-state index in [4.69, 9.17) is 0 Å². The summed E-state index contributed by atoms with van der Waals surface area (Å²) in [5.41, 5.74) is 3.67. The predicted octanol–water partition coefficient (Wildman–Crippen LogP) is 3.07. The van der Waals surface area contributed by atoms with Gasteiger partial charge in [0.25, 0.3) is 0 Å². The van der Waals surface area contributed by atoms with E-state index in [-0.39, 0.29) is 24.4 Å². The minimum Gasteiger partial charge on any atom is -0.351 e. The van der Waals surface area contributed by atoms with E-state index in [9.17, 15) is 4.79 Å². The molecule has 20 heavy (non-hydrogen) atoms. The molecule has 0 heterocycles. The number of hydrogen-bond donors (Lipinski definition) is 1. The second kappa shape index (κ2) is 8.98. The van der Waals surface area contributed by atoms with Gasteiger partial charge in [-0.05, 0) is 45.0 Å². The van der Waals surface area contributed by atoms with E-state index < -0.39 is 0 Å². The number of nitrogens with one attached hydrogen (secondary N) is 1. The Kier molecular flexibility index (Phi) is 8.51. The number of rotatable bonds is 6. The molecule has 1 rings (SSSR count). The van der Waals surface area contributed by atoms with E-state index in [1.165, 1.54) is 16.7 Å². The fraction of sp³-hybridized carbons (Fsp3) is 0.562. The number of benzene rings is 1. The molecule has 0 aliphatic carbocycles. The normalized spacial score (nSPS) is 11.9. The third-order valence-corrected chi connectivity index (χ3v) is 3.69. The van der Waals surface area contributed by atoms with Gasteiger partial charge in [-0.1, -0.05) is 37.6 Å². The van der Waals surface area contributed by atoms with Crippen LogP contribution in [0.4, 0.5) is 0 Å². The Morgan fingerprint density at radius 3 is 2.35 bits per heavy atom. The van der Waals surface area contributed by atoms with Gasteiger partial charge in [0.15, 0.2) is 0 Å². The minimum atomic E-state index is -0.0687. The van der Waals surface area contributed by atoms with Crippen molar-refractivity contribution in [3.05, 3.63) is 34.9 Å². The molecule has 0 saturated carbocycles. The highest BCUT2D eigenvalue weighted by Gasteiger charge is 2.18. The molecular weight excluding hydrogens is 272 g/mol. The van der Waals surface area contributed by atoms with E-state index in [1.807, 2.05) is 6.92 Å². The molecule has 1 amide bonds. The fourth-order valence-electron chi connectivity index (χ4n) is 2.31. The topological polar surface area (TPSA) is 32.3 Å². The maximum Gasteiger partial charge on any atom is 0.237 e. The molecule has 1 atom stereocenters. The van der Waals surface area contributed by atoms with Crippen LogP contribution >= 0.6 is 12.4 Å². The number of halogens is 1. The zero-order valence-corrected chi connectivity index (χ0v) is 14.0. The van der Waals surface area contributed by atoms with Crippen LogP contribution in [0.15, 0.2) is 18.2 Å². The van der Waals surface area contributed by atoms with Crippen LogP contribution in [-0.4, -0.2) is 29.9 Å². The van der Waals surface area contributed by atoms with Gasteiger partial charge in [-0.25, -0.2) is 0 Å². The van der Waals surface area contributed by atoms with Gasteiger partial charge in [0.1, 0.15) is 0 Å². The van der Waals surface area contributed by atoms with Crippen molar-refractivity contribution in [2.24, 2.45) is 0 Å². The van der Waals surface area contributed by atoms with Gasteiger partial charge in [0, 0.05) is 6.54 Å². The molecule has 3 nitrogen and oxygen atoms in total. The number of amides is 1. The molecule has 0 aliphatic heterocycles. The Hall–Kier alpha value is -1.06. The van der Waals surface area contributed by atoms with Crippen LogP contribution in [0.1, 0.15) is 37.5 Å². The molecule has 1 unspecified atom stereocenters. The lowest BCUT2D eigenvalue weighted by molar-refractivity contribution is -0.125. The first-order valence-corrected chi connectivity index (χ1v) is 7.07. The fourth-order valence-corrected chi connectivity index (χ4v) is 2.31. The Labute approximate surface area is 129 Å². The third kappa shape index (κ3) is 5.14. The largest absolute Gasteiger partial charge is 0.351 e. The van der Waals surface area contributed by atoms with Crippen LogP contribution < -0.4 is 5.32 Å². The number of aryl methyl sites for hydroxylation is 2. The Bertz CT molecular complexity index is 430. The highest BCUT2D eigenvalue weighted by atomic mass is 35.5. The number of hydrogen-bond acceptors (Lipinski definition) is 2. The van der Waals surface area contributed by atoms with Crippen molar-refractivity contribution < 1.29 is 4.79 Å². The first kappa shape index (κ1) is 18.9. The molecule has 0 bridgehead atoms. The van der Waals surface area contributed by atoms with E-state index >= 15 is 0 Å². The lowest BCUT2D eigenvalue weighted by atomic mass is 10.1. The van der Waals surface area contributed by atoms with Crippen LogP contribution in [0, 0.1) is 13.8 Å². The van der Waals surface area contributed by atoms with E-state index in [1.54, 1.807) is 0 Å².